The number of carboxylic acid groups (broad SMARTS) is 1. The zero-order valence-corrected chi connectivity index (χ0v) is 48.0. The Kier molecular flexibility index (Phi) is 47.5. The van der Waals surface area contributed by atoms with Crippen LogP contribution in [0.3, 0.4) is 0 Å². The number of carbonyl (C=O) groups excluding carboxylic acids is 3. The van der Waals surface area contributed by atoms with Gasteiger partial charge in [0.05, 0.1) is 6.61 Å². The summed E-state index contributed by atoms with van der Waals surface area (Å²) < 4.78 is 28.2. The fraction of sp³-hybridized carbons (Fsp3) is 0.522. The number of hydrogen-bond donors (Lipinski definition) is 3. The van der Waals surface area contributed by atoms with E-state index in [0.717, 1.165) is 103 Å². The Labute approximate surface area is 475 Å². The fourth-order valence-electron chi connectivity index (χ4n) is 7.45. The lowest BCUT2D eigenvalue weighted by Crippen LogP contribution is -2.61. The Morgan fingerprint density at radius 1 is 0.418 bits per heavy atom. The number of carboxylic acids is 1. The van der Waals surface area contributed by atoms with Gasteiger partial charge in [-0.1, -0.05) is 204 Å². The highest BCUT2D eigenvalue weighted by Gasteiger charge is 2.50. The summed E-state index contributed by atoms with van der Waals surface area (Å²) in [7, 11) is 0. The van der Waals surface area contributed by atoms with E-state index in [9.17, 15) is 34.5 Å². The summed E-state index contributed by atoms with van der Waals surface area (Å²) in [6.07, 6.45) is 66.4. The van der Waals surface area contributed by atoms with Gasteiger partial charge in [0.2, 0.25) is 0 Å². The minimum absolute atomic E-state index is 0.0164. The van der Waals surface area contributed by atoms with E-state index >= 15 is 0 Å². The van der Waals surface area contributed by atoms with E-state index in [2.05, 4.69) is 154 Å². The molecule has 0 aromatic heterocycles. The van der Waals surface area contributed by atoms with Crippen LogP contribution in [0.2, 0.25) is 0 Å². The SMILES string of the molecule is CC/C=C\C/C=C\C/C=C\C/C=C\C/C=C\C/C=C\CCC(=O)OC1C(OCC(COC(=O)CCCCCC/C=C\C/C=C\C/C=C\C/C=C\CC)OC(=O)CC/C=C\C/C=C\C/C=C\C/C=C\CC)OC(C(=O)O)C(O)C1O. The standard InChI is InChI=1S/C67H98O12/c1-4-7-10-13-16-19-22-25-27-29-30-32-34-37-40-43-46-49-52-55-61(70)78-65-63(72)62(71)64(66(73)74)79-67(65)76-57-58(77-60(69)54-51-48-45-42-39-35-24-21-18-15-12-9-6-3)56-75-59(68)53-50-47-44-41-38-36-33-31-28-26-23-20-17-14-11-8-5-2/h7-12,16-21,25-28,30,32-33,35-37,39-40,45-46,48-49,58,62-65,67,71-72H,4-6,13-15,22-24,29,31,34,38,41-44,47,50-57H2,1-3H3,(H,73,74)/b10-7-,11-8-,12-9-,19-16-,20-17-,21-18-,27-25-,28-26-,32-30-,36-33-,39-35-,40-37-,48-45-,49-46-. The van der Waals surface area contributed by atoms with Crippen molar-refractivity contribution in [1.82, 2.24) is 0 Å². The summed E-state index contributed by atoms with van der Waals surface area (Å²) in [5.41, 5.74) is 0. The number of aliphatic hydroxyl groups excluding tert-OH is 2. The number of carbonyl (C=O) groups is 4. The molecule has 12 heteroatoms. The van der Waals surface area contributed by atoms with E-state index in [1.165, 1.54) is 0 Å². The topological polar surface area (TPSA) is 175 Å². The predicted molar refractivity (Wildman–Crippen MR) is 321 cm³/mol. The molecule has 12 nitrogen and oxygen atoms in total. The van der Waals surface area contributed by atoms with Crippen molar-refractivity contribution < 1.29 is 58.2 Å². The van der Waals surface area contributed by atoms with Crippen LogP contribution in [-0.2, 0) is 42.9 Å². The van der Waals surface area contributed by atoms with E-state index in [1.54, 1.807) is 0 Å². The Hall–Kier alpha value is -5.92. The summed E-state index contributed by atoms with van der Waals surface area (Å²) in [4.78, 5) is 51.1. The van der Waals surface area contributed by atoms with Gasteiger partial charge in [-0.05, 0) is 122 Å². The summed E-state index contributed by atoms with van der Waals surface area (Å²) in [5.74, 6) is -3.41. The Morgan fingerprint density at radius 3 is 1.19 bits per heavy atom. The number of rotatable bonds is 46. The van der Waals surface area contributed by atoms with Crippen LogP contribution in [0.15, 0.2) is 170 Å². The second-order valence-corrected chi connectivity index (χ2v) is 18.8. The van der Waals surface area contributed by atoms with Crippen molar-refractivity contribution in [3.63, 3.8) is 0 Å². The van der Waals surface area contributed by atoms with Gasteiger partial charge in [-0.25, -0.2) is 4.79 Å². The largest absolute Gasteiger partial charge is 0.479 e. The number of aliphatic hydroxyl groups is 2. The molecule has 0 aromatic rings. The van der Waals surface area contributed by atoms with E-state index in [0.29, 0.717) is 32.1 Å². The molecule has 79 heavy (non-hydrogen) atoms. The quantitative estimate of drug-likeness (QED) is 0.0228. The van der Waals surface area contributed by atoms with E-state index < -0.39 is 67.3 Å². The Balaban J connectivity index is 2.79. The first kappa shape index (κ1) is 71.1. The lowest BCUT2D eigenvalue weighted by molar-refractivity contribution is -0.301. The average Bonchev–Trinajstić information content (AvgIpc) is 3.46. The molecule has 6 atom stereocenters. The molecule has 0 bridgehead atoms. The molecule has 3 N–H and O–H groups in total. The Morgan fingerprint density at radius 2 is 0.785 bits per heavy atom. The van der Waals surface area contributed by atoms with Gasteiger partial charge in [-0.15, -0.1) is 0 Å². The minimum Gasteiger partial charge on any atom is -0.479 e. The van der Waals surface area contributed by atoms with Crippen LogP contribution in [0.25, 0.3) is 0 Å². The molecule has 6 unspecified atom stereocenters. The maximum atomic E-state index is 13.1. The third-order valence-corrected chi connectivity index (χ3v) is 11.8. The van der Waals surface area contributed by atoms with Gasteiger partial charge in [0.15, 0.2) is 24.6 Å². The predicted octanol–water partition coefficient (Wildman–Crippen LogP) is 15.1. The van der Waals surface area contributed by atoms with Crippen molar-refractivity contribution in [3.05, 3.63) is 170 Å². The Bertz CT molecular complexity index is 2020. The third kappa shape index (κ3) is 42.7. The number of esters is 3. The highest BCUT2D eigenvalue weighted by Crippen LogP contribution is 2.26. The average molecular weight is 1100 g/mol. The zero-order chi connectivity index (χ0) is 57.5. The lowest BCUT2D eigenvalue weighted by Gasteiger charge is -2.40. The van der Waals surface area contributed by atoms with Crippen LogP contribution in [0.4, 0.5) is 0 Å². The molecule has 1 rings (SSSR count). The molecular formula is C67H98O12. The van der Waals surface area contributed by atoms with E-state index in [-0.39, 0.29) is 25.9 Å². The van der Waals surface area contributed by atoms with Gasteiger partial charge in [0, 0.05) is 19.3 Å². The van der Waals surface area contributed by atoms with E-state index in [1.807, 2.05) is 36.5 Å². The molecule has 438 valence electrons. The van der Waals surface area contributed by atoms with Crippen molar-refractivity contribution in [1.29, 1.82) is 0 Å². The molecule has 0 saturated carbocycles. The van der Waals surface area contributed by atoms with Crippen LogP contribution < -0.4 is 0 Å². The van der Waals surface area contributed by atoms with Crippen LogP contribution in [-0.4, -0.2) is 89.2 Å². The first-order valence-electron chi connectivity index (χ1n) is 29.1. The lowest BCUT2D eigenvalue weighted by atomic mass is 9.98. The minimum atomic E-state index is -1.95. The molecule has 1 heterocycles. The molecule has 1 aliphatic rings. The van der Waals surface area contributed by atoms with Gasteiger partial charge < -0.3 is 39.0 Å². The maximum Gasteiger partial charge on any atom is 0.335 e. The first-order chi connectivity index (χ1) is 38.6. The fourth-order valence-corrected chi connectivity index (χ4v) is 7.45. The van der Waals surface area contributed by atoms with Crippen molar-refractivity contribution in [2.45, 2.75) is 212 Å². The van der Waals surface area contributed by atoms with E-state index in [4.69, 9.17) is 23.7 Å². The van der Waals surface area contributed by atoms with Crippen LogP contribution in [0.5, 0.6) is 0 Å². The first-order valence-corrected chi connectivity index (χ1v) is 29.1. The van der Waals surface area contributed by atoms with Crippen LogP contribution in [0.1, 0.15) is 175 Å². The number of ether oxygens (including phenoxy) is 5. The number of allylic oxidation sites excluding steroid dienone is 28. The molecule has 0 spiro atoms. The van der Waals surface area contributed by atoms with Gasteiger partial charge in [0.25, 0.3) is 0 Å². The highest BCUT2D eigenvalue weighted by atomic mass is 16.7. The van der Waals surface area contributed by atoms with Crippen LogP contribution >= 0.6 is 0 Å². The molecule has 1 saturated heterocycles. The molecular weight excluding hydrogens is 997 g/mol. The summed E-state index contributed by atoms with van der Waals surface area (Å²) in [5, 5.41) is 31.5. The van der Waals surface area contributed by atoms with Gasteiger partial charge >= 0.3 is 23.9 Å². The molecule has 0 amide bonds. The number of hydrogen-bond acceptors (Lipinski definition) is 11. The number of unbranched alkanes of at least 4 members (excludes halogenated alkanes) is 4. The molecule has 0 aliphatic carbocycles. The summed E-state index contributed by atoms with van der Waals surface area (Å²) in [6, 6.07) is 0. The number of aliphatic carboxylic acids is 1. The summed E-state index contributed by atoms with van der Waals surface area (Å²) >= 11 is 0. The molecule has 0 aromatic carbocycles. The van der Waals surface area contributed by atoms with Gasteiger partial charge in [-0.3, -0.25) is 14.4 Å². The van der Waals surface area contributed by atoms with Crippen molar-refractivity contribution >= 4 is 23.9 Å². The third-order valence-electron chi connectivity index (χ3n) is 11.8. The van der Waals surface area contributed by atoms with Crippen LogP contribution in [0, 0.1) is 0 Å². The second-order valence-electron chi connectivity index (χ2n) is 18.8. The second kappa shape index (κ2) is 52.8. The summed E-state index contributed by atoms with van der Waals surface area (Å²) in [6.45, 7) is 5.50. The van der Waals surface area contributed by atoms with Crippen molar-refractivity contribution in [2.24, 2.45) is 0 Å². The highest BCUT2D eigenvalue weighted by molar-refractivity contribution is 5.74. The van der Waals surface area contributed by atoms with Crippen molar-refractivity contribution in [3.8, 4) is 0 Å². The maximum absolute atomic E-state index is 13.1. The molecule has 1 fully saturated rings. The van der Waals surface area contributed by atoms with Gasteiger partial charge in [-0.2, -0.15) is 0 Å². The smallest absolute Gasteiger partial charge is 0.335 e. The van der Waals surface area contributed by atoms with Gasteiger partial charge in [0.1, 0.15) is 18.8 Å². The zero-order valence-electron chi connectivity index (χ0n) is 48.0. The normalized spacial score (nSPS) is 19.1. The van der Waals surface area contributed by atoms with Crippen molar-refractivity contribution in [2.75, 3.05) is 13.2 Å². The monoisotopic (exact) mass is 1090 g/mol. The molecule has 1 aliphatic heterocycles. The molecule has 0 radical (unpaired) electrons.